The molecule has 0 N–H and O–H groups in total. The fraction of sp³-hybridized carbons (Fsp3) is 0.688. The van der Waals surface area contributed by atoms with E-state index in [1.807, 2.05) is 5.38 Å². The SMILES string of the molecule is O=C(C[C@@H]1COCCN1Cc1ccsc1)N1CCC(F)(F)CC1. The van der Waals surface area contributed by atoms with Crippen LogP contribution in [0.15, 0.2) is 16.8 Å². The second-order valence-corrected chi connectivity index (χ2v) is 7.05. The number of hydrogen-bond donors (Lipinski definition) is 0. The molecule has 0 aromatic carbocycles. The quantitative estimate of drug-likeness (QED) is 0.842. The molecule has 128 valence electrons. The summed E-state index contributed by atoms with van der Waals surface area (Å²) in [6.45, 7) is 3.12. The summed E-state index contributed by atoms with van der Waals surface area (Å²) in [5.41, 5.74) is 1.24. The van der Waals surface area contributed by atoms with Crippen molar-refractivity contribution in [1.82, 2.24) is 9.80 Å². The molecule has 3 heterocycles. The van der Waals surface area contributed by atoms with Gasteiger partial charge in [0.25, 0.3) is 5.92 Å². The molecular formula is C16H22F2N2O2S. The summed E-state index contributed by atoms with van der Waals surface area (Å²) in [7, 11) is 0. The maximum Gasteiger partial charge on any atom is 0.251 e. The minimum Gasteiger partial charge on any atom is -0.378 e. The minimum absolute atomic E-state index is 0.0265. The second kappa shape index (κ2) is 7.23. The van der Waals surface area contributed by atoms with Crippen molar-refractivity contribution in [3.05, 3.63) is 22.4 Å². The van der Waals surface area contributed by atoms with Gasteiger partial charge < -0.3 is 9.64 Å². The maximum atomic E-state index is 13.2. The standard InChI is InChI=1S/C16H22F2N2O2S/c17-16(18)2-4-19(5-3-16)15(21)9-14-11-22-7-6-20(14)10-13-1-8-23-12-13/h1,8,12,14H,2-7,9-11H2/t14-/m1/s1. The lowest BCUT2D eigenvalue weighted by Crippen LogP contribution is -2.49. The predicted octanol–water partition coefficient (Wildman–Crippen LogP) is 2.60. The Bertz CT molecular complexity index is 514. The summed E-state index contributed by atoms with van der Waals surface area (Å²) in [6.07, 6.45) is -0.104. The van der Waals surface area contributed by atoms with Crippen LogP contribution in [-0.2, 0) is 16.1 Å². The molecule has 2 fully saturated rings. The third-order valence-corrected chi connectivity index (χ3v) is 5.31. The van der Waals surface area contributed by atoms with Gasteiger partial charge in [-0.25, -0.2) is 8.78 Å². The van der Waals surface area contributed by atoms with E-state index in [2.05, 4.69) is 16.3 Å². The number of nitrogens with zero attached hydrogens (tertiary/aromatic N) is 2. The Hall–Kier alpha value is -1.05. The maximum absolute atomic E-state index is 13.2. The highest BCUT2D eigenvalue weighted by Crippen LogP contribution is 2.28. The fourth-order valence-corrected chi connectivity index (χ4v) is 3.78. The number of alkyl halides is 2. The summed E-state index contributed by atoms with van der Waals surface area (Å²) in [5, 5.41) is 4.16. The number of carbonyl (C=O) groups excluding carboxylic acids is 1. The van der Waals surface area contributed by atoms with E-state index in [1.54, 1.807) is 16.2 Å². The number of morpholine rings is 1. The molecule has 4 nitrogen and oxygen atoms in total. The Morgan fingerprint density at radius 1 is 1.35 bits per heavy atom. The minimum atomic E-state index is -2.62. The van der Waals surface area contributed by atoms with Gasteiger partial charge in [-0.05, 0) is 22.4 Å². The lowest BCUT2D eigenvalue weighted by molar-refractivity contribution is -0.140. The van der Waals surface area contributed by atoms with Gasteiger partial charge in [0.15, 0.2) is 0 Å². The third-order valence-electron chi connectivity index (χ3n) is 4.57. The van der Waals surface area contributed by atoms with E-state index in [0.29, 0.717) is 19.6 Å². The van der Waals surface area contributed by atoms with Crippen molar-refractivity contribution in [1.29, 1.82) is 0 Å². The summed E-state index contributed by atoms with van der Waals surface area (Å²) in [4.78, 5) is 16.3. The molecule has 1 amide bonds. The number of rotatable bonds is 4. The molecule has 0 saturated carbocycles. The van der Waals surface area contributed by atoms with E-state index in [4.69, 9.17) is 4.74 Å². The van der Waals surface area contributed by atoms with Crippen LogP contribution in [0.4, 0.5) is 8.78 Å². The smallest absolute Gasteiger partial charge is 0.251 e. The number of thiophene rings is 1. The van der Waals surface area contributed by atoms with Crippen molar-refractivity contribution in [3.8, 4) is 0 Å². The van der Waals surface area contributed by atoms with E-state index in [-0.39, 0.29) is 37.9 Å². The largest absolute Gasteiger partial charge is 0.378 e. The van der Waals surface area contributed by atoms with Gasteiger partial charge in [0.05, 0.1) is 13.2 Å². The Balaban J connectivity index is 1.55. The van der Waals surface area contributed by atoms with Crippen LogP contribution in [-0.4, -0.2) is 60.5 Å². The van der Waals surface area contributed by atoms with Crippen molar-refractivity contribution in [3.63, 3.8) is 0 Å². The monoisotopic (exact) mass is 344 g/mol. The first-order valence-electron chi connectivity index (χ1n) is 8.02. The molecule has 23 heavy (non-hydrogen) atoms. The van der Waals surface area contributed by atoms with E-state index in [0.717, 1.165) is 13.1 Å². The number of likely N-dealkylation sites (tertiary alicyclic amines) is 1. The Morgan fingerprint density at radius 2 is 2.13 bits per heavy atom. The highest BCUT2D eigenvalue weighted by molar-refractivity contribution is 7.07. The molecule has 2 aliphatic heterocycles. The number of carbonyl (C=O) groups is 1. The topological polar surface area (TPSA) is 32.8 Å². The third kappa shape index (κ3) is 4.49. The molecule has 1 atom stereocenters. The van der Waals surface area contributed by atoms with Crippen molar-refractivity contribution >= 4 is 17.2 Å². The first-order chi connectivity index (χ1) is 11.0. The summed E-state index contributed by atoms with van der Waals surface area (Å²) < 4.78 is 31.9. The van der Waals surface area contributed by atoms with Gasteiger partial charge in [0.1, 0.15) is 0 Å². The zero-order valence-corrected chi connectivity index (χ0v) is 13.9. The number of piperidine rings is 1. The van der Waals surface area contributed by atoms with Crippen molar-refractivity contribution in [2.45, 2.75) is 37.8 Å². The van der Waals surface area contributed by atoms with Crippen molar-refractivity contribution in [2.75, 3.05) is 32.8 Å². The average molecular weight is 344 g/mol. The molecule has 0 aliphatic carbocycles. The van der Waals surface area contributed by atoms with Crippen LogP contribution in [0, 0.1) is 0 Å². The van der Waals surface area contributed by atoms with Crippen LogP contribution in [0.1, 0.15) is 24.8 Å². The van der Waals surface area contributed by atoms with Crippen LogP contribution in [0.3, 0.4) is 0 Å². The molecular weight excluding hydrogens is 322 g/mol. The zero-order chi connectivity index (χ0) is 16.3. The lowest BCUT2D eigenvalue weighted by Gasteiger charge is -2.37. The van der Waals surface area contributed by atoms with Crippen LogP contribution in [0.25, 0.3) is 0 Å². The normalized spacial score (nSPS) is 25.5. The molecule has 1 aromatic rings. The fourth-order valence-electron chi connectivity index (χ4n) is 3.12. The van der Waals surface area contributed by atoms with Crippen LogP contribution in [0.5, 0.6) is 0 Å². The van der Waals surface area contributed by atoms with Gasteiger partial charge in [-0.1, -0.05) is 0 Å². The Kier molecular flexibility index (Phi) is 5.28. The number of ether oxygens (including phenoxy) is 1. The average Bonchev–Trinajstić information content (AvgIpc) is 3.02. The van der Waals surface area contributed by atoms with Gasteiger partial charge in [-0.15, -0.1) is 0 Å². The summed E-state index contributed by atoms with van der Waals surface area (Å²) in [6, 6.07) is 2.12. The molecule has 0 bridgehead atoms. The van der Waals surface area contributed by atoms with E-state index in [1.165, 1.54) is 5.56 Å². The van der Waals surface area contributed by atoms with E-state index >= 15 is 0 Å². The van der Waals surface area contributed by atoms with Gasteiger partial charge in [0.2, 0.25) is 5.91 Å². The zero-order valence-electron chi connectivity index (χ0n) is 13.0. The molecule has 2 aliphatic rings. The molecule has 3 rings (SSSR count). The van der Waals surface area contributed by atoms with Crippen molar-refractivity contribution < 1.29 is 18.3 Å². The second-order valence-electron chi connectivity index (χ2n) is 6.27. The molecule has 2 saturated heterocycles. The lowest BCUT2D eigenvalue weighted by atomic mass is 10.0. The molecule has 0 unspecified atom stereocenters. The van der Waals surface area contributed by atoms with Crippen LogP contribution in [0.2, 0.25) is 0 Å². The number of halogens is 2. The highest BCUT2D eigenvalue weighted by atomic mass is 32.1. The first-order valence-corrected chi connectivity index (χ1v) is 8.96. The first kappa shape index (κ1) is 16.8. The van der Waals surface area contributed by atoms with Gasteiger partial charge in [-0.2, -0.15) is 11.3 Å². The van der Waals surface area contributed by atoms with E-state index in [9.17, 15) is 13.6 Å². The molecule has 1 aromatic heterocycles. The molecule has 0 spiro atoms. The van der Waals surface area contributed by atoms with Crippen molar-refractivity contribution in [2.24, 2.45) is 0 Å². The Labute approximate surface area is 139 Å². The number of amides is 1. The highest BCUT2D eigenvalue weighted by Gasteiger charge is 2.36. The predicted molar refractivity (Wildman–Crippen MR) is 84.7 cm³/mol. The van der Waals surface area contributed by atoms with Gasteiger partial charge in [-0.3, -0.25) is 9.69 Å². The van der Waals surface area contributed by atoms with Gasteiger partial charge >= 0.3 is 0 Å². The summed E-state index contributed by atoms with van der Waals surface area (Å²) >= 11 is 1.66. The van der Waals surface area contributed by atoms with Gasteiger partial charge in [0, 0.05) is 51.5 Å². The van der Waals surface area contributed by atoms with Crippen LogP contribution >= 0.6 is 11.3 Å². The number of hydrogen-bond acceptors (Lipinski definition) is 4. The summed E-state index contributed by atoms with van der Waals surface area (Å²) in [5.74, 6) is -2.65. The Morgan fingerprint density at radius 3 is 2.83 bits per heavy atom. The molecule has 0 radical (unpaired) electrons. The molecule has 7 heteroatoms. The van der Waals surface area contributed by atoms with Crippen LogP contribution < -0.4 is 0 Å². The van der Waals surface area contributed by atoms with E-state index < -0.39 is 5.92 Å².